The molecule has 0 unspecified atom stereocenters. The summed E-state index contributed by atoms with van der Waals surface area (Å²) in [5, 5.41) is 10.4. The molecule has 0 aliphatic heterocycles. The van der Waals surface area contributed by atoms with Crippen LogP contribution in [0.15, 0.2) is 6.33 Å². The van der Waals surface area contributed by atoms with E-state index in [0.717, 1.165) is 0 Å². The van der Waals surface area contributed by atoms with Crippen LogP contribution in [0.3, 0.4) is 0 Å². The van der Waals surface area contributed by atoms with Gasteiger partial charge in [0.25, 0.3) is 5.95 Å². The van der Waals surface area contributed by atoms with E-state index in [1.165, 1.54) is 11.1 Å². The van der Waals surface area contributed by atoms with Gasteiger partial charge >= 0.3 is 0 Å². The average Bonchev–Trinajstić information content (AvgIpc) is 1.88. The molecule has 1 N–H and O–H groups in total. The standard InChI is InChI=1S/C4H8N5/c1-5-4-6-3-7-9(2)8-4/h3H,1-2H3,(H,5,6,7,8)/q+1. The SMILES string of the molecule is CNc1ncn[n+](C)n1. The fraction of sp³-hybridized carbons (Fsp3) is 0.500. The van der Waals surface area contributed by atoms with Crippen LogP contribution in [-0.4, -0.2) is 22.2 Å². The number of aromatic nitrogens is 4. The lowest BCUT2D eigenvalue weighted by Gasteiger charge is -1.88. The number of rotatable bonds is 1. The topological polar surface area (TPSA) is 54.6 Å². The van der Waals surface area contributed by atoms with Crippen LogP contribution in [0.25, 0.3) is 0 Å². The molecule has 0 saturated heterocycles. The maximum atomic E-state index is 3.88. The van der Waals surface area contributed by atoms with Crippen molar-refractivity contribution in [3.8, 4) is 0 Å². The summed E-state index contributed by atoms with van der Waals surface area (Å²) in [5.41, 5.74) is 0. The van der Waals surface area contributed by atoms with Crippen molar-refractivity contribution in [1.29, 1.82) is 0 Å². The summed E-state index contributed by atoms with van der Waals surface area (Å²) in [6.07, 6.45) is 1.44. The highest BCUT2D eigenvalue weighted by molar-refractivity contribution is 5.15. The summed E-state index contributed by atoms with van der Waals surface area (Å²) in [6.45, 7) is 0. The molecular weight excluding hydrogens is 118 g/mol. The van der Waals surface area contributed by atoms with Crippen molar-refractivity contribution in [1.82, 2.24) is 15.2 Å². The van der Waals surface area contributed by atoms with Crippen LogP contribution < -0.4 is 10.1 Å². The third-order valence-corrected chi connectivity index (χ3v) is 0.862. The normalized spacial score (nSPS) is 9.11. The van der Waals surface area contributed by atoms with E-state index >= 15 is 0 Å². The average molecular weight is 126 g/mol. The fourth-order valence-electron chi connectivity index (χ4n) is 0.459. The van der Waals surface area contributed by atoms with Crippen molar-refractivity contribution in [2.24, 2.45) is 7.05 Å². The Hall–Kier alpha value is -1.26. The van der Waals surface area contributed by atoms with Gasteiger partial charge in [0.1, 0.15) is 0 Å². The van der Waals surface area contributed by atoms with Crippen LogP contribution in [-0.2, 0) is 7.05 Å². The predicted octanol–water partition coefficient (Wildman–Crippen LogP) is -1.26. The molecule has 0 radical (unpaired) electrons. The summed E-state index contributed by atoms with van der Waals surface area (Å²) in [7, 11) is 3.50. The van der Waals surface area contributed by atoms with E-state index in [4.69, 9.17) is 0 Å². The second-order valence-electron chi connectivity index (χ2n) is 1.52. The van der Waals surface area contributed by atoms with Crippen LogP contribution in [0, 0.1) is 0 Å². The lowest BCUT2D eigenvalue weighted by atomic mass is 11.0. The molecule has 0 aliphatic rings. The van der Waals surface area contributed by atoms with E-state index < -0.39 is 0 Å². The molecule has 9 heavy (non-hydrogen) atoms. The Morgan fingerprint density at radius 1 is 1.67 bits per heavy atom. The van der Waals surface area contributed by atoms with Crippen LogP contribution in [0.4, 0.5) is 5.95 Å². The molecular formula is C4H8N5+. The fourth-order valence-corrected chi connectivity index (χ4v) is 0.459. The maximum absolute atomic E-state index is 3.88. The summed E-state index contributed by atoms with van der Waals surface area (Å²) >= 11 is 0. The van der Waals surface area contributed by atoms with Crippen molar-refractivity contribution in [2.45, 2.75) is 0 Å². The van der Waals surface area contributed by atoms with Gasteiger partial charge in [-0.2, -0.15) is 4.98 Å². The molecule has 0 fully saturated rings. The zero-order valence-corrected chi connectivity index (χ0v) is 5.37. The molecule has 1 aromatic heterocycles. The number of hydrogen-bond donors (Lipinski definition) is 1. The van der Waals surface area contributed by atoms with Crippen molar-refractivity contribution in [2.75, 3.05) is 12.4 Å². The van der Waals surface area contributed by atoms with E-state index in [-0.39, 0.29) is 0 Å². The number of hydrogen-bond acceptors (Lipinski definition) is 4. The van der Waals surface area contributed by atoms with Gasteiger partial charge in [0.15, 0.2) is 13.4 Å². The van der Waals surface area contributed by atoms with Gasteiger partial charge in [0, 0.05) is 16.9 Å². The van der Waals surface area contributed by atoms with Gasteiger partial charge < -0.3 is 5.32 Å². The highest BCUT2D eigenvalue weighted by atomic mass is 15.5. The quantitative estimate of drug-likeness (QED) is 0.477. The van der Waals surface area contributed by atoms with Crippen LogP contribution in [0.1, 0.15) is 0 Å². The molecule has 0 aliphatic carbocycles. The molecule has 0 bridgehead atoms. The molecule has 5 nitrogen and oxygen atoms in total. The van der Waals surface area contributed by atoms with Gasteiger partial charge in [0.05, 0.1) is 5.10 Å². The van der Waals surface area contributed by atoms with Crippen LogP contribution in [0.2, 0.25) is 0 Å². The van der Waals surface area contributed by atoms with Gasteiger partial charge in [-0.3, -0.25) is 0 Å². The lowest BCUT2D eigenvalue weighted by Crippen LogP contribution is -2.37. The van der Waals surface area contributed by atoms with Crippen LogP contribution >= 0.6 is 0 Å². The minimum absolute atomic E-state index is 0.576. The number of aryl methyl sites for hydroxylation is 1. The first kappa shape index (κ1) is 5.87. The van der Waals surface area contributed by atoms with Crippen molar-refractivity contribution >= 4 is 5.95 Å². The van der Waals surface area contributed by atoms with E-state index in [1.54, 1.807) is 14.1 Å². The van der Waals surface area contributed by atoms with Gasteiger partial charge in [-0.25, -0.2) is 0 Å². The van der Waals surface area contributed by atoms with Gasteiger partial charge in [-0.05, 0) is 0 Å². The molecule has 48 valence electrons. The minimum Gasteiger partial charge on any atom is -0.352 e. The summed E-state index contributed by atoms with van der Waals surface area (Å²) in [4.78, 5) is 5.25. The second-order valence-corrected chi connectivity index (χ2v) is 1.52. The lowest BCUT2D eigenvalue weighted by molar-refractivity contribution is -0.786. The molecule has 1 aromatic rings. The Labute approximate surface area is 52.7 Å². The maximum Gasteiger partial charge on any atom is 0.292 e. The molecule has 0 spiro atoms. The first-order valence-electron chi connectivity index (χ1n) is 2.56. The van der Waals surface area contributed by atoms with E-state index in [2.05, 4.69) is 20.5 Å². The third kappa shape index (κ3) is 1.31. The highest BCUT2D eigenvalue weighted by Gasteiger charge is 1.96. The summed E-state index contributed by atoms with van der Waals surface area (Å²) in [5.74, 6) is 0.576. The first-order chi connectivity index (χ1) is 4.33. The monoisotopic (exact) mass is 126 g/mol. The Kier molecular flexibility index (Phi) is 1.53. The molecule has 0 atom stereocenters. The zero-order chi connectivity index (χ0) is 6.69. The second kappa shape index (κ2) is 2.34. The molecule has 0 amide bonds. The van der Waals surface area contributed by atoms with E-state index in [9.17, 15) is 0 Å². The Morgan fingerprint density at radius 2 is 2.44 bits per heavy atom. The van der Waals surface area contributed by atoms with Gasteiger partial charge in [0.2, 0.25) is 0 Å². The summed E-state index contributed by atoms with van der Waals surface area (Å²) < 4.78 is 0. The number of anilines is 1. The largest absolute Gasteiger partial charge is 0.352 e. The van der Waals surface area contributed by atoms with E-state index in [1.807, 2.05) is 0 Å². The first-order valence-corrected chi connectivity index (χ1v) is 2.56. The van der Waals surface area contributed by atoms with Crippen LogP contribution in [0.5, 0.6) is 0 Å². The minimum atomic E-state index is 0.576. The molecule has 1 rings (SSSR count). The molecule has 5 heteroatoms. The van der Waals surface area contributed by atoms with Gasteiger partial charge in [-0.1, -0.05) is 0 Å². The van der Waals surface area contributed by atoms with Crippen molar-refractivity contribution in [3.05, 3.63) is 6.33 Å². The predicted molar refractivity (Wildman–Crippen MR) is 30.5 cm³/mol. The Balaban J connectivity index is 2.94. The highest BCUT2D eigenvalue weighted by Crippen LogP contribution is 1.82. The van der Waals surface area contributed by atoms with E-state index in [0.29, 0.717) is 5.95 Å². The number of nitrogens with one attached hydrogen (secondary N) is 1. The smallest absolute Gasteiger partial charge is 0.292 e. The molecule has 0 saturated carbocycles. The Bertz CT molecular complexity index is 198. The summed E-state index contributed by atoms with van der Waals surface area (Å²) in [6, 6.07) is 0. The molecule has 1 heterocycles. The Morgan fingerprint density at radius 3 is 2.89 bits per heavy atom. The molecule has 0 aromatic carbocycles. The number of nitrogens with zero attached hydrogens (tertiary/aromatic N) is 4. The third-order valence-electron chi connectivity index (χ3n) is 0.862. The van der Waals surface area contributed by atoms with Crippen molar-refractivity contribution in [3.63, 3.8) is 0 Å². The van der Waals surface area contributed by atoms with Crippen molar-refractivity contribution < 1.29 is 4.80 Å². The van der Waals surface area contributed by atoms with Gasteiger partial charge in [-0.15, -0.1) is 0 Å². The zero-order valence-electron chi connectivity index (χ0n) is 5.37.